The van der Waals surface area contributed by atoms with Crippen LogP contribution in [0.25, 0.3) is 0 Å². The SMILES string of the molecule is COC(=O)c1ccc(N)cc1O.O=S(=O)(O)O. The fourth-order valence-electron chi connectivity index (χ4n) is 0.831. The normalized spacial score (nSPS) is 10.1. The second-order valence-electron chi connectivity index (χ2n) is 2.72. The van der Waals surface area contributed by atoms with E-state index in [1.165, 1.54) is 25.3 Å². The lowest BCUT2D eigenvalue weighted by molar-refractivity contribution is 0.0597. The monoisotopic (exact) mass is 265 g/mol. The lowest BCUT2D eigenvalue weighted by Crippen LogP contribution is -2.01. The molecule has 0 saturated heterocycles. The molecule has 0 heterocycles. The third kappa shape index (κ3) is 7.11. The number of phenolic OH excluding ortho intramolecular Hbond substituents is 1. The van der Waals surface area contributed by atoms with E-state index in [0.717, 1.165) is 0 Å². The van der Waals surface area contributed by atoms with E-state index in [4.69, 9.17) is 23.3 Å². The quantitative estimate of drug-likeness (QED) is 0.317. The van der Waals surface area contributed by atoms with Crippen LogP contribution in [0.15, 0.2) is 18.2 Å². The highest BCUT2D eigenvalue weighted by atomic mass is 32.3. The van der Waals surface area contributed by atoms with E-state index in [2.05, 4.69) is 4.74 Å². The lowest BCUT2D eigenvalue weighted by Gasteiger charge is -2.02. The number of hydrogen-bond acceptors (Lipinski definition) is 6. The highest BCUT2D eigenvalue weighted by Crippen LogP contribution is 2.20. The van der Waals surface area contributed by atoms with Gasteiger partial charge in [0.25, 0.3) is 0 Å². The van der Waals surface area contributed by atoms with E-state index in [9.17, 15) is 9.90 Å². The minimum Gasteiger partial charge on any atom is -0.507 e. The predicted octanol–water partition coefficient (Wildman–Crippen LogP) is 0.108. The van der Waals surface area contributed by atoms with Gasteiger partial charge in [-0.25, -0.2) is 4.79 Å². The van der Waals surface area contributed by atoms with Crippen molar-refractivity contribution < 1.29 is 32.2 Å². The highest BCUT2D eigenvalue weighted by Gasteiger charge is 2.10. The smallest absolute Gasteiger partial charge is 0.394 e. The zero-order chi connectivity index (χ0) is 13.6. The van der Waals surface area contributed by atoms with Crippen LogP contribution in [0.1, 0.15) is 10.4 Å². The van der Waals surface area contributed by atoms with E-state index in [1.807, 2.05) is 0 Å². The van der Waals surface area contributed by atoms with Crippen LogP contribution in [0.2, 0.25) is 0 Å². The maximum atomic E-state index is 10.9. The van der Waals surface area contributed by atoms with Gasteiger partial charge in [-0.15, -0.1) is 0 Å². The molecule has 0 atom stereocenters. The highest BCUT2D eigenvalue weighted by molar-refractivity contribution is 7.79. The first kappa shape index (κ1) is 15.2. The van der Waals surface area contributed by atoms with Gasteiger partial charge in [-0.05, 0) is 12.1 Å². The molecule has 8 nitrogen and oxygen atoms in total. The number of anilines is 1. The minimum absolute atomic E-state index is 0.117. The summed E-state index contributed by atoms with van der Waals surface area (Å²) in [7, 11) is -3.42. The van der Waals surface area contributed by atoms with E-state index in [0.29, 0.717) is 5.69 Å². The molecule has 0 bridgehead atoms. The molecule has 0 unspecified atom stereocenters. The van der Waals surface area contributed by atoms with Crippen molar-refractivity contribution in [3.8, 4) is 5.75 Å². The zero-order valence-corrected chi connectivity index (χ0v) is 9.51. The van der Waals surface area contributed by atoms with Gasteiger partial charge in [0.2, 0.25) is 0 Å². The molecule has 96 valence electrons. The number of carbonyl (C=O) groups excluding carboxylic acids is 1. The van der Waals surface area contributed by atoms with Crippen LogP contribution in [-0.2, 0) is 15.1 Å². The van der Waals surface area contributed by atoms with Crippen LogP contribution in [-0.4, -0.2) is 35.7 Å². The van der Waals surface area contributed by atoms with Crippen LogP contribution >= 0.6 is 0 Å². The number of benzene rings is 1. The van der Waals surface area contributed by atoms with Crippen molar-refractivity contribution in [1.29, 1.82) is 0 Å². The number of aromatic hydroxyl groups is 1. The Balaban J connectivity index is 0.000000437. The molecule has 1 rings (SSSR count). The molecule has 0 spiro atoms. The average molecular weight is 265 g/mol. The van der Waals surface area contributed by atoms with Crippen molar-refractivity contribution in [2.24, 2.45) is 0 Å². The molecule has 17 heavy (non-hydrogen) atoms. The summed E-state index contributed by atoms with van der Waals surface area (Å²) in [4.78, 5) is 10.9. The first-order valence-corrected chi connectivity index (χ1v) is 5.41. The Labute approximate surface area is 97.2 Å². The molecule has 0 amide bonds. The first-order valence-electron chi connectivity index (χ1n) is 4.02. The maximum Gasteiger partial charge on any atom is 0.394 e. The van der Waals surface area contributed by atoms with Gasteiger partial charge in [0.05, 0.1) is 7.11 Å². The van der Waals surface area contributed by atoms with E-state index in [-0.39, 0.29) is 11.3 Å². The third-order valence-corrected chi connectivity index (χ3v) is 1.43. The van der Waals surface area contributed by atoms with Gasteiger partial charge >= 0.3 is 16.4 Å². The largest absolute Gasteiger partial charge is 0.507 e. The summed E-state index contributed by atoms with van der Waals surface area (Å²) in [6.07, 6.45) is 0. The Kier molecular flexibility index (Phi) is 5.38. The molecule has 0 aliphatic heterocycles. The number of carbonyl (C=O) groups is 1. The van der Waals surface area contributed by atoms with Crippen LogP contribution in [0.3, 0.4) is 0 Å². The molecule has 1 aromatic rings. The fraction of sp³-hybridized carbons (Fsp3) is 0.125. The fourth-order valence-corrected chi connectivity index (χ4v) is 0.831. The predicted molar refractivity (Wildman–Crippen MR) is 58.0 cm³/mol. The minimum atomic E-state index is -4.67. The van der Waals surface area contributed by atoms with Gasteiger partial charge in [0, 0.05) is 11.8 Å². The number of nitrogens with two attached hydrogens (primary N) is 1. The number of methoxy groups -OCH3 is 1. The summed E-state index contributed by atoms with van der Waals surface area (Å²) < 4.78 is 36.0. The van der Waals surface area contributed by atoms with Gasteiger partial charge in [-0.3, -0.25) is 9.11 Å². The summed E-state index contributed by atoms with van der Waals surface area (Å²) in [5, 5.41) is 9.21. The summed E-state index contributed by atoms with van der Waals surface area (Å²) >= 11 is 0. The number of hydrogen-bond donors (Lipinski definition) is 4. The second-order valence-corrected chi connectivity index (χ2v) is 3.61. The Morgan fingerprint density at radius 2 is 1.82 bits per heavy atom. The van der Waals surface area contributed by atoms with Gasteiger partial charge in [0.15, 0.2) is 0 Å². The number of phenols is 1. The summed E-state index contributed by atoms with van der Waals surface area (Å²) in [5.41, 5.74) is 5.88. The van der Waals surface area contributed by atoms with Crippen molar-refractivity contribution in [1.82, 2.24) is 0 Å². The van der Waals surface area contributed by atoms with E-state index >= 15 is 0 Å². The number of ether oxygens (including phenoxy) is 1. The van der Waals surface area contributed by atoms with Gasteiger partial charge < -0.3 is 15.6 Å². The van der Waals surface area contributed by atoms with Crippen LogP contribution < -0.4 is 5.73 Å². The Morgan fingerprint density at radius 1 is 1.35 bits per heavy atom. The molecule has 1 aromatic carbocycles. The van der Waals surface area contributed by atoms with Crippen molar-refractivity contribution >= 4 is 22.1 Å². The number of esters is 1. The molecule has 0 aromatic heterocycles. The molecule has 0 aliphatic rings. The van der Waals surface area contributed by atoms with Crippen LogP contribution in [0, 0.1) is 0 Å². The molecule has 0 fully saturated rings. The van der Waals surface area contributed by atoms with Crippen LogP contribution in [0.4, 0.5) is 5.69 Å². The van der Waals surface area contributed by atoms with Crippen molar-refractivity contribution in [3.05, 3.63) is 23.8 Å². The van der Waals surface area contributed by atoms with Crippen LogP contribution in [0.5, 0.6) is 5.75 Å². The molecule has 0 aliphatic carbocycles. The molecular formula is C8H11NO7S. The Bertz CT molecular complexity index is 489. The zero-order valence-electron chi connectivity index (χ0n) is 8.69. The van der Waals surface area contributed by atoms with Gasteiger partial charge in [-0.2, -0.15) is 8.42 Å². The first-order chi connectivity index (χ1) is 7.65. The number of nitrogen functional groups attached to an aromatic ring is 1. The van der Waals surface area contributed by atoms with Crippen molar-refractivity contribution in [2.75, 3.05) is 12.8 Å². The van der Waals surface area contributed by atoms with Gasteiger partial charge in [-0.1, -0.05) is 0 Å². The Hall–Kier alpha value is -1.84. The van der Waals surface area contributed by atoms with E-state index < -0.39 is 16.4 Å². The molecule has 9 heteroatoms. The van der Waals surface area contributed by atoms with Crippen molar-refractivity contribution in [3.63, 3.8) is 0 Å². The summed E-state index contributed by atoms with van der Waals surface area (Å²) in [5.74, 6) is -0.741. The van der Waals surface area contributed by atoms with Gasteiger partial charge in [0.1, 0.15) is 11.3 Å². The summed E-state index contributed by atoms with van der Waals surface area (Å²) in [6.45, 7) is 0. The summed E-state index contributed by atoms with van der Waals surface area (Å²) in [6, 6.07) is 4.23. The standard InChI is InChI=1S/C8H9NO3.H2O4S/c1-12-8(11)6-3-2-5(9)4-7(6)10;1-5(2,3)4/h2-4,10H,9H2,1H3;(H2,1,2,3,4). The molecule has 0 saturated carbocycles. The molecule has 5 N–H and O–H groups in total. The third-order valence-electron chi connectivity index (χ3n) is 1.43. The molecule has 0 radical (unpaired) electrons. The Morgan fingerprint density at radius 3 is 2.18 bits per heavy atom. The average Bonchev–Trinajstić information content (AvgIpc) is 2.14. The van der Waals surface area contributed by atoms with E-state index in [1.54, 1.807) is 0 Å². The number of rotatable bonds is 1. The second kappa shape index (κ2) is 6.03. The van der Waals surface area contributed by atoms with Crippen molar-refractivity contribution in [2.45, 2.75) is 0 Å². The lowest BCUT2D eigenvalue weighted by atomic mass is 10.2. The maximum absolute atomic E-state index is 10.9. The topological polar surface area (TPSA) is 147 Å². The molecular weight excluding hydrogens is 254 g/mol.